The van der Waals surface area contributed by atoms with Crippen molar-refractivity contribution < 1.29 is 22.7 Å². The summed E-state index contributed by atoms with van der Waals surface area (Å²) in [6.07, 6.45) is 4.79. The van der Waals surface area contributed by atoms with Gasteiger partial charge >= 0.3 is 12.1 Å². The lowest BCUT2D eigenvalue weighted by Crippen LogP contribution is -2.30. The number of aromatic nitrogens is 4. The topological polar surface area (TPSA) is 72.8 Å². The third-order valence-corrected chi connectivity index (χ3v) is 5.16. The van der Waals surface area contributed by atoms with Crippen molar-refractivity contribution >= 4 is 17.0 Å². The number of alkyl halides is 3. The molecule has 4 rings (SSSR count). The summed E-state index contributed by atoms with van der Waals surface area (Å²) in [6, 6.07) is 3.62. The lowest BCUT2D eigenvalue weighted by molar-refractivity contribution is -0.208. The minimum Gasteiger partial charge on any atom is -0.450 e. The third-order valence-electron chi connectivity index (χ3n) is 5.16. The largest absolute Gasteiger partial charge is 0.490 e. The van der Waals surface area contributed by atoms with E-state index in [2.05, 4.69) is 15.1 Å². The van der Waals surface area contributed by atoms with Crippen LogP contribution in [-0.4, -0.2) is 31.9 Å². The van der Waals surface area contributed by atoms with Crippen LogP contribution in [0.3, 0.4) is 0 Å². The molecule has 1 unspecified atom stereocenters. The first-order chi connectivity index (χ1) is 13.4. The molecule has 0 amide bonds. The summed E-state index contributed by atoms with van der Waals surface area (Å²) in [5, 5.41) is 5.14. The van der Waals surface area contributed by atoms with Crippen molar-refractivity contribution in [1.82, 2.24) is 19.7 Å². The van der Waals surface area contributed by atoms with Crippen LogP contribution in [-0.2, 0) is 9.53 Å². The van der Waals surface area contributed by atoms with Gasteiger partial charge in [0.2, 0.25) is 0 Å². The number of pyridine rings is 1. The lowest BCUT2D eigenvalue weighted by Gasteiger charge is -2.29. The predicted molar refractivity (Wildman–Crippen MR) is 94.7 cm³/mol. The van der Waals surface area contributed by atoms with E-state index in [4.69, 9.17) is 4.74 Å². The molecule has 1 N–H and O–H groups in total. The number of halogens is 3. The van der Waals surface area contributed by atoms with Crippen molar-refractivity contribution in [3.63, 3.8) is 0 Å². The fourth-order valence-corrected chi connectivity index (χ4v) is 3.82. The van der Waals surface area contributed by atoms with Gasteiger partial charge in [-0.2, -0.15) is 18.3 Å². The summed E-state index contributed by atoms with van der Waals surface area (Å²) in [7, 11) is 0. The van der Waals surface area contributed by atoms with Crippen LogP contribution in [0.4, 0.5) is 13.2 Å². The first-order valence-electron chi connectivity index (χ1n) is 9.18. The first-order valence-corrected chi connectivity index (χ1v) is 9.18. The SMILES string of the molecule is O=C(OC(c1cnn(-c2ccnc3[nH]ccc23)c1)C1CCCCC1)C(F)(F)F. The molecule has 1 saturated carbocycles. The van der Waals surface area contributed by atoms with Gasteiger partial charge in [-0.05, 0) is 25.0 Å². The Bertz CT molecular complexity index is 973. The molecule has 3 heterocycles. The quantitative estimate of drug-likeness (QED) is 0.665. The number of H-pyrrole nitrogens is 1. The van der Waals surface area contributed by atoms with Crippen LogP contribution < -0.4 is 0 Å². The Morgan fingerprint density at radius 1 is 1.25 bits per heavy atom. The van der Waals surface area contributed by atoms with Crippen LogP contribution in [0, 0.1) is 5.92 Å². The Labute approximate surface area is 158 Å². The van der Waals surface area contributed by atoms with Crippen LogP contribution in [0.5, 0.6) is 0 Å². The van der Waals surface area contributed by atoms with E-state index in [1.165, 1.54) is 6.20 Å². The lowest BCUT2D eigenvalue weighted by atomic mass is 9.83. The normalized spacial score (nSPS) is 17.0. The van der Waals surface area contributed by atoms with Gasteiger partial charge < -0.3 is 9.72 Å². The smallest absolute Gasteiger partial charge is 0.450 e. The van der Waals surface area contributed by atoms with Gasteiger partial charge in [0, 0.05) is 35.5 Å². The zero-order valence-corrected chi connectivity index (χ0v) is 14.9. The molecule has 3 aromatic rings. The number of fused-ring (bicyclic) bond motifs is 1. The van der Waals surface area contributed by atoms with E-state index >= 15 is 0 Å². The number of aromatic amines is 1. The minimum absolute atomic E-state index is 0.151. The number of ether oxygens (including phenoxy) is 1. The Kier molecular flexibility index (Phi) is 4.82. The highest BCUT2D eigenvalue weighted by molar-refractivity contribution is 5.84. The molecule has 0 bridgehead atoms. The van der Waals surface area contributed by atoms with Crippen molar-refractivity contribution in [3.8, 4) is 5.69 Å². The molecule has 1 aliphatic carbocycles. The molecule has 1 atom stereocenters. The fraction of sp³-hybridized carbons (Fsp3) is 0.421. The molecule has 0 radical (unpaired) electrons. The van der Waals surface area contributed by atoms with Crippen molar-refractivity contribution in [3.05, 3.63) is 42.5 Å². The number of hydrogen-bond acceptors (Lipinski definition) is 4. The number of carbonyl (C=O) groups excluding carboxylic acids is 1. The van der Waals surface area contributed by atoms with E-state index in [0.717, 1.165) is 43.2 Å². The molecule has 1 aliphatic rings. The van der Waals surface area contributed by atoms with Gasteiger partial charge in [-0.3, -0.25) is 0 Å². The Morgan fingerprint density at radius 3 is 2.79 bits per heavy atom. The van der Waals surface area contributed by atoms with Gasteiger partial charge in [-0.25, -0.2) is 14.5 Å². The number of rotatable bonds is 4. The van der Waals surface area contributed by atoms with E-state index in [9.17, 15) is 18.0 Å². The third kappa shape index (κ3) is 3.61. The van der Waals surface area contributed by atoms with Crippen LogP contribution in [0.1, 0.15) is 43.8 Å². The molecule has 9 heteroatoms. The second-order valence-corrected chi connectivity index (χ2v) is 7.01. The number of esters is 1. The van der Waals surface area contributed by atoms with Crippen LogP contribution in [0.2, 0.25) is 0 Å². The maximum absolute atomic E-state index is 12.8. The monoisotopic (exact) mass is 392 g/mol. The number of nitrogens with zero attached hydrogens (tertiary/aromatic N) is 3. The predicted octanol–water partition coefficient (Wildman–Crippen LogP) is 4.48. The number of nitrogens with one attached hydrogen (secondary N) is 1. The van der Waals surface area contributed by atoms with Gasteiger partial charge in [-0.1, -0.05) is 19.3 Å². The summed E-state index contributed by atoms with van der Waals surface area (Å²) >= 11 is 0. The van der Waals surface area contributed by atoms with Gasteiger partial charge in [-0.15, -0.1) is 0 Å². The van der Waals surface area contributed by atoms with Crippen molar-refractivity contribution in [2.75, 3.05) is 0 Å². The van der Waals surface area contributed by atoms with Gasteiger partial charge in [0.15, 0.2) is 0 Å². The fourth-order valence-electron chi connectivity index (χ4n) is 3.82. The molecule has 0 aliphatic heterocycles. The summed E-state index contributed by atoms with van der Waals surface area (Å²) in [5.41, 5.74) is 1.88. The summed E-state index contributed by atoms with van der Waals surface area (Å²) < 4.78 is 44.9. The van der Waals surface area contributed by atoms with E-state index in [1.807, 2.05) is 6.07 Å². The number of hydrogen-bond donors (Lipinski definition) is 1. The maximum Gasteiger partial charge on any atom is 0.490 e. The summed E-state index contributed by atoms with van der Waals surface area (Å²) in [4.78, 5) is 18.7. The summed E-state index contributed by atoms with van der Waals surface area (Å²) in [5.74, 6) is -2.31. The maximum atomic E-state index is 12.8. The molecule has 148 valence electrons. The highest BCUT2D eigenvalue weighted by Crippen LogP contribution is 2.38. The average molecular weight is 392 g/mol. The second kappa shape index (κ2) is 7.29. The highest BCUT2D eigenvalue weighted by Gasteiger charge is 2.44. The zero-order chi connectivity index (χ0) is 19.7. The molecular weight excluding hydrogens is 373 g/mol. The van der Waals surface area contributed by atoms with Gasteiger partial charge in [0.25, 0.3) is 0 Å². The Morgan fingerprint density at radius 2 is 2.04 bits per heavy atom. The molecule has 0 aromatic carbocycles. The first kappa shape index (κ1) is 18.5. The van der Waals surface area contributed by atoms with Gasteiger partial charge in [0.05, 0.1) is 11.9 Å². The van der Waals surface area contributed by atoms with Crippen LogP contribution >= 0.6 is 0 Å². The van der Waals surface area contributed by atoms with E-state index in [1.54, 1.807) is 29.3 Å². The van der Waals surface area contributed by atoms with Crippen LogP contribution in [0.15, 0.2) is 36.9 Å². The van der Waals surface area contributed by atoms with Crippen molar-refractivity contribution in [2.45, 2.75) is 44.4 Å². The molecule has 0 spiro atoms. The zero-order valence-electron chi connectivity index (χ0n) is 14.9. The average Bonchev–Trinajstić information content (AvgIpc) is 3.35. The number of carbonyl (C=O) groups is 1. The molecular formula is C19H19F3N4O2. The second-order valence-electron chi connectivity index (χ2n) is 7.01. The van der Waals surface area contributed by atoms with E-state index in [0.29, 0.717) is 11.2 Å². The van der Waals surface area contributed by atoms with Crippen LogP contribution in [0.25, 0.3) is 16.7 Å². The molecule has 28 heavy (non-hydrogen) atoms. The standard InChI is InChI=1S/C19H19F3N4O2/c20-19(21,22)18(27)28-16(12-4-2-1-3-5-12)13-10-25-26(11-13)15-7-9-24-17-14(15)6-8-23-17/h6-12,16H,1-5H2,(H,23,24). The highest BCUT2D eigenvalue weighted by atomic mass is 19.4. The molecule has 0 saturated heterocycles. The van der Waals surface area contributed by atoms with E-state index in [-0.39, 0.29) is 5.92 Å². The van der Waals surface area contributed by atoms with Crippen molar-refractivity contribution in [2.24, 2.45) is 5.92 Å². The molecule has 1 fully saturated rings. The van der Waals surface area contributed by atoms with Crippen molar-refractivity contribution in [1.29, 1.82) is 0 Å². The Balaban J connectivity index is 1.67. The Hall–Kier alpha value is -2.84. The molecule has 6 nitrogen and oxygen atoms in total. The minimum atomic E-state index is -5.02. The van der Waals surface area contributed by atoms with Gasteiger partial charge in [0.1, 0.15) is 11.8 Å². The molecule has 3 aromatic heterocycles. The van der Waals surface area contributed by atoms with E-state index < -0.39 is 18.2 Å². The summed E-state index contributed by atoms with van der Waals surface area (Å²) in [6.45, 7) is 0.